The molecule has 8 rings (SSSR count). The number of hydrogen-bond donors (Lipinski definition) is 3. The highest BCUT2D eigenvalue weighted by Gasteiger charge is 2.84. The van der Waals surface area contributed by atoms with Crippen LogP contribution in [0.2, 0.25) is 0 Å². The maximum Gasteiger partial charge on any atom is 0.323 e. The summed E-state index contributed by atoms with van der Waals surface area (Å²) < 4.78 is 24.9. The normalized spacial score (nSPS) is 54.4. The van der Waals surface area contributed by atoms with Crippen LogP contribution < -0.4 is 0 Å². The molecule has 9 heteroatoms. The van der Waals surface area contributed by atoms with Crippen LogP contribution in [0.3, 0.4) is 0 Å². The predicted molar refractivity (Wildman–Crippen MR) is 174 cm³/mol. The molecule has 0 aromatic rings. The lowest BCUT2D eigenvalue weighted by Gasteiger charge is -2.64. The Balaban J connectivity index is 1.02. The number of nitrogens with zero attached hydrogens (tertiary/aromatic N) is 1. The van der Waals surface area contributed by atoms with E-state index in [1.54, 1.807) is 13.8 Å². The summed E-state index contributed by atoms with van der Waals surface area (Å²) >= 11 is 0. The fourth-order valence-corrected chi connectivity index (χ4v) is 14.2. The number of carbonyl (C=O) groups excluding carboxylic acids is 1. The van der Waals surface area contributed by atoms with Crippen LogP contribution in [0.4, 0.5) is 0 Å². The van der Waals surface area contributed by atoms with Crippen LogP contribution in [0.1, 0.15) is 106 Å². The molecule has 0 radical (unpaired) electrons. The molecule has 3 aliphatic heterocycles. The smallest absolute Gasteiger partial charge is 0.323 e. The Morgan fingerprint density at radius 3 is 2.43 bits per heavy atom. The van der Waals surface area contributed by atoms with E-state index in [2.05, 4.69) is 39.5 Å². The van der Waals surface area contributed by atoms with Gasteiger partial charge in [-0.2, -0.15) is 0 Å². The largest absolute Gasteiger partial charge is 0.464 e. The predicted octanol–water partition coefficient (Wildman–Crippen LogP) is 4.29. The minimum atomic E-state index is -1.26. The molecule has 0 aromatic heterocycles. The summed E-state index contributed by atoms with van der Waals surface area (Å²) in [4.78, 5) is 14.5. The number of carbonyl (C=O) groups is 1. The molecule has 0 amide bonds. The molecule has 2 spiro atoms. The zero-order valence-corrected chi connectivity index (χ0v) is 29.9. The molecule has 3 saturated heterocycles. The van der Waals surface area contributed by atoms with Gasteiger partial charge >= 0.3 is 5.97 Å². The van der Waals surface area contributed by atoms with Gasteiger partial charge in [-0.15, -0.1) is 0 Å². The molecule has 47 heavy (non-hydrogen) atoms. The average Bonchev–Trinajstić information content (AvgIpc) is 3.41. The molecule has 3 heterocycles. The minimum Gasteiger partial charge on any atom is -0.464 e. The molecule has 5 saturated carbocycles. The molecule has 0 bridgehead atoms. The third-order valence-electron chi connectivity index (χ3n) is 16.6. The van der Waals surface area contributed by atoms with Gasteiger partial charge in [0.1, 0.15) is 12.1 Å². The van der Waals surface area contributed by atoms with E-state index in [-0.39, 0.29) is 63.5 Å². The highest BCUT2D eigenvalue weighted by Crippen LogP contribution is 2.89. The molecule has 266 valence electrons. The van der Waals surface area contributed by atoms with Gasteiger partial charge in [0, 0.05) is 18.4 Å². The van der Waals surface area contributed by atoms with E-state index in [4.69, 9.17) is 18.9 Å². The summed E-state index contributed by atoms with van der Waals surface area (Å²) in [5.41, 5.74) is -1.04. The summed E-state index contributed by atoms with van der Waals surface area (Å²) in [6.07, 6.45) is 6.87. The molecule has 15 atom stereocenters. The Kier molecular flexibility index (Phi) is 7.53. The van der Waals surface area contributed by atoms with Crippen LogP contribution in [0.15, 0.2) is 0 Å². The van der Waals surface area contributed by atoms with Crippen molar-refractivity contribution in [3.05, 3.63) is 0 Å². The van der Waals surface area contributed by atoms with Crippen molar-refractivity contribution in [1.82, 2.24) is 4.90 Å². The van der Waals surface area contributed by atoms with Crippen molar-refractivity contribution in [2.45, 2.75) is 155 Å². The topological polar surface area (TPSA) is 118 Å². The summed E-state index contributed by atoms with van der Waals surface area (Å²) in [5.74, 6) is 1.41. The number of fused-ring (bicyclic) bond motifs is 4. The lowest BCUT2D eigenvalue weighted by Crippen LogP contribution is -2.60. The first kappa shape index (κ1) is 33.3. The van der Waals surface area contributed by atoms with Gasteiger partial charge in [0.25, 0.3) is 0 Å². The van der Waals surface area contributed by atoms with Gasteiger partial charge in [0.05, 0.1) is 49.8 Å². The van der Waals surface area contributed by atoms with Crippen LogP contribution in [0.25, 0.3) is 0 Å². The molecule has 8 aliphatic rings. The summed E-state index contributed by atoms with van der Waals surface area (Å²) in [6.45, 7) is 17.7. The van der Waals surface area contributed by atoms with Gasteiger partial charge in [-0.05, 0) is 111 Å². The zero-order chi connectivity index (χ0) is 33.5. The van der Waals surface area contributed by atoms with E-state index >= 15 is 0 Å². The van der Waals surface area contributed by atoms with Crippen LogP contribution >= 0.6 is 0 Å². The van der Waals surface area contributed by atoms with E-state index in [1.165, 1.54) is 12.8 Å². The number of morpholine rings is 1. The van der Waals surface area contributed by atoms with E-state index in [1.807, 2.05) is 0 Å². The highest BCUT2D eigenvalue weighted by molar-refractivity contribution is 5.77. The fourth-order valence-electron chi connectivity index (χ4n) is 14.2. The second-order valence-electron chi connectivity index (χ2n) is 19.0. The van der Waals surface area contributed by atoms with E-state index in [0.29, 0.717) is 43.9 Å². The van der Waals surface area contributed by atoms with Crippen molar-refractivity contribution in [3.8, 4) is 0 Å². The second-order valence-corrected chi connectivity index (χ2v) is 19.0. The highest BCUT2D eigenvalue weighted by atomic mass is 16.7. The van der Waals surface area contributed by atoms with Crippen molar-refractivity contribution >= 4 is 5.97 Å². The molecular weight excluding hydrogens is 598 g/mol. The van der Waals surface area contributed by atoms with Gasteiger partial charge in [0.15, 0.2) is 6.29 Å². The Morgan fingerprint density at radius 1 is 1.00 bits per heavy atom. The van der Waals surface area contributed by atoms with E-state index in [0.717, 1.165) is 45.1 Å². The average molecular weight is 660 g/mol. The summed E-state index contributed by atoms with van der Waals surface area (Å²) in [6, 6.07) is -0.173. The van der Waals surface area contributed by atoms with Crippen molar-refractivity contribution in [2.75, 3.05) is 26.3 Å². The molecule has 5 aliphatic carbocycles. The van der Waals surface area contributed by atoms with Crippen molar-refractivity contribution < 1.29 is 39.1 Å². The number of aliphatic hydroxyl groups excluding tert-OH is 2. The molecule has 8 fully saturated rings. The van der Waals surface area contributed by atoms with Crippen molar-refractivity contribution in [1.29, 1.82) is 0 Å². The maximum atomic E-state index is 12.4. The second kappa shape index (κ2) is 10.6. The number of esters is 1. The first-order valence-corrected chi connectivity index (χ1v) is 18.9. The Morgan fingerprint density at radius 2 is 1.72 bits per heavy atom. The standard InChI is InChI=1S/C38H61NO8/c1-21-18-23(30(40)34(4,5)43)46-29-28(21)35(6)13-14-38-20-37(38)12-10-26(33(2,3)24(37)8-9-25(38)36(35,7)31(29)41)47-27-19-39(15-17-44-27)22-11-16-45-32(22)42/h21-31,40-41,43H,8-20H2,1-7H3/t21-,22-,23-,24+,25+,26+,27?,28?,29+,30+,31+,35-,36-,37-,38+/m1/s1. The lowest BCUT2D eigenvalue weighted by atomic mass is 9.41. The number of ether oxygens (including phenoxy) is 4. The first-order valence-electron chi connectivity index (χ1n) is 18.9. The van der Waals surface area contributed by atoms with Crippen molar-refractivity contribution in [2.24, 2.45) is 50.7 Å². The summed E-state index contributed by atoms with van der Waals surface area (Å²) in [5, 5.41) is 34.1. The van der Waals surface area contributed by atoms with Gasteiger partial charge in [-0.1, -0.05) is 34.6 Å². The number of aliphatic hydroxyl groups is 3. The number of cyclic esters (lactones) is 1. The van der Waals surface area contributed by atoms with Gasteiger partial charge < -0.3 is 34.3 Å². The molecular formula is C38H61NO8. The van der Waals surface area contributed by atoms with Gasteiger partial charge in [-0.25, -0.2) is 0 Å². The fraction of sp³-hybridized carbons (Fsp3) is 0.974. The first-order chi connectivity index (χ1) is 22.0. The third kappa shape index (κ3) is 4.35. The third-order valence-corrected chi connectivity index (χ3v) is 16.6. The number of hydrogen-bond acceptors (Lipinski definition) is 9. The van der Waals surface area contributed by atoms with E-state index < -0.39 is 23.9 Å². The monoisotopic (exact) mass is 659 g/mol. The van der Waals surface area contributed by atoms with Gasteiger partial charge in [-0.3, -0.25) is 9.69 Å². The molecule has 3 N–H and O–H groups in total. The van der Waals surface area contributed by atoms with Crippen LogP contribution in [-0.4, -0.2) is 101 Å². The van der Waals surface area contributed by atoms with E-state index in [9.17, 15) is 20.1 Å². The van der Waals surface area contributed by atoms with Crippen LogP contribution in [-0.2, 0) is 23.7 Å². The Bertz CT molecular complexity index is 1270. The maximum absolute atomic E-state index is 12.4. The zero-order valence-electron chi connectivity index (χ0n) is 29.9. The van der Waals surface area contributed by atoms with Crippen LogP contribution in [0.5, 0.6) is 0 Å². The minimum absolute atomic E-state index is 0.00728. The molecule has 0 aromatic carbocycles. The molecule has 9 nitrogen and oxygen atoms in total. The lowest BCUT2D eigenvalue weighted by molar-refractivity contribution is -0.250. The quantitative estimate of drug-likeness (QED) is 0.372. The Hall–Kier alpha value is -0.810. The van der Waals surface area contributed by atoms with Crippen LogP contribution in [0, 0.1) is 50.7 Å². The van der Waals surface area contributed by atoms with Gasteiger partial charge in [0.2, 0.25) is 0 Å². The van der Waals surface area contributed by atoms with Crippen molar-refractivity contribution in [3.63, 3.8) is 0 Å². The Labute approximate surface area is 281 Å². The summed E-state index contributed by atoms with van der Waals surface area (Å²) in [7, 11) is 0. The molecule has 2 unspecified atom stereocenters. The number of rotatable bonds is 5. The SMILES string of the molecule is C[C@@H]1C[C@H]([C@H](O)C(C)(C)O)O[C@H]2C1[C@@]1(C)CC[C@@]34C[C@@]35CC[C@H](OC3CN([C@@H]6CCOC6=O)CCO3)C(C)(C)[C@@H]5CC[C@H]4[C@]1(C)[C@H]2O.